The molecule has 0 aliphatic carbocycles. The number of aliphatic hydroxyl groups is 4. The number of hydrogen-bond acceptors (Lipinski definition) is 12. The molecule has 0 saturated carbocycles. The van der Waals surface area contributed by atoms with E-state index in [0.29, 0.717) is 6.42 Å². The first kappa shape index (κ1) is 38.3. The number of aliphatic hydroxyl groups excluding tert-OH is 3. The lowest BCUT2D eigenvalue weighted by Gasteiger charge is -2.48. The van der Waals surface area contributed by atoms with E-state index in [1.54, 1.807) is 48.6 Å². The number of oxime groups is 1. The van der Waals surface area contributed by atoms with Crippen LogP contribution in [0.5, 0.6) is 0 Å². The van der Waals surface area contributed by atoms with E-state index in [0.717, 1.165) is 0 Å². The number of amides is 1. The van der Waals surface area contributed by atoms with Crippen LogP contribution in [0.25, 0.3) is 0 Å². The van der Waals surface area contributed by atoms with Gasteiger partial charge in [-0.05, 0) is 47.0 Å². The molecule has 5 N–H and O–H groups in total. The van der Waals surface area contributed by atoms with Crippen LogP contribution < -0.4 is 0 Å². The van der Waals surface area contributed by atoms with Crippen molar-refractivity contribution >= 4 is 17.6 Å². The first-order chi connectivity index (χ1) is 20.3. The van der Waals surface area contributed by atoms with Gasteiger partial charge in [-0.15, -0.1) is 0 Å². The third-order valence-electron chi connectivity index (χ3n) is 10.0. The molecule has 2 fully saturated rings. The summed E-state index contributed by atoms with van der Waals surface area (Å²) in [6.07, 6.45) is -7.13. The van der Waals surface area contributed by atoms with Crippen LogP contribution in [0.15, 0.2) is 5.16 Å². The molecule has 2 rings (SSSR count). The van der Waals surface area contributed by atoms with E-state index in [9.17, 15) is 35.2 Å². The molecule has 2 aliphatic rings. The fraction of sp³-hybridized carbons (Fsp3) is 0.903. The summed E-state index contributed by atoms with van der Waals surface area (Å²) in [6.45, 7) is 14.6. The summed E-state index contributed by atoms with van der Waals surface area (Å²) in [5.74, 6) is -4.33. The van der Waals surface area contributed by atoms with Crippen molar-refractivity contribution in [3.05, 3.63) is 0 Å². The van der Waals surface area contributed by atoms with Gasteiger partial charge in [0, 0.05) is 38.8 Å². The highest BCUT2D eigenvalue weighted by Crippen LogP contribution is 2.39. The van der Waals surface area contributed by atoms with Crippen molar-refractivity contribution in [2.75, 3.05) is 14.2 Å². The molecular formula is C31H56N2O11. The fourth-order valence-electron chi connectivity index (χ4n) is 6.89. The van der Waals surface area contributed by atoms with Gasteiger partial charge in [0.2, 0.25) is 5.91 Å². The molecule has 13 nitrogen and oxygen atoms in total. The number of nitrogens with zero attached hydrogens (tertiary/aromatic N) is 2. The van der Waals surface area contributed by atoms with Crippen LogP contribution in [0.1, 0.15) is 81.6 Å². The largest absolute Gasteiger partial charge is 0.459 e. The summed E-state index contributed by atoms with van der Waals surface area (Å²) in [4.78, 5) is 27.0. The Morgan fingerprint density at radius 1 is 1.09 bits per heavy atom. The molecule has 2 saturated heterocycles. The van der Waals surface area contributed by atoms with Gasteiger partial charge in [-0.3, -0.25) is 9.59 Å². The summed E-state index contributed by atoms with van der Waals surface area (Å²) < 4.78 is 24.3. The molecule has 0 aromatic carbocycles. The summed E-state index contributed by atoms with van der Waals surface area (Å²) >= 11 is 0. The van der Waals surface area contributed by atoms with Crippen LogP contribution in [0.2, 0.25) is 0 Å². The number of ether oxygens (including phenoxy) is 4. The van der Waals surface area contributed by atoms with Crippen LogP contribution in [-0.2, 0) is 28.5 Å². The van der Waals surface area contributed by atoms with Gasteiger partial charge in [0.05, 0.1) is 47.7 Å². The van der Waals surface area contributed by atoms with E-state index in [4.69, 9.17) is 18.9 Å². The standard InChI is InChI=1S/C31H56N2O11/c1-12-22-31(9,39)26(37)17(4)23(32-40)15(2)14-30(8,41-11)27(18(5)24(35)19(6)28(38)43-22)44-29-25(36)21(13-16(3)42-29)33(10)20(7)34/h15-19,21-22,24-27,29,35-37,39-40H,12-14H2,1-11H3/b32-23+/t15-,16+,17-,18-,19+,21-,22+,24-,25-,26+,27-,29?,30?,31+/m0/s1. The first-order valence-electron chi connectivity index (χ1n) is 15.6. The monoisotopic (exact) mass is 632 g/mol. The summed E-state index contributed by atoms with van der Waals surface area (Å²) in [5.41, 5.74) is -2.98. The number of likely N-dealkylation sites (N-methyl/N-ethyl adjacent to an activating group) is 1. The van der Waals surface area contributed by atoms with Crippen LogP contribution >= 0.6 is 0 Å². The number of carbonyl (C=O) groups is 2. The number of rotatable bonds is 5. The lowest BCUT2D eigenvalue weighted by molar-refractivity contribution is -0.301. The Morgan fingerprint density at radius 2 is 1.68 bits per heavy atom. The minimum atomic E-state index is -1.91. The zero-order valence-corrected chi connectivity index (χ0v) is 28.1. The van der Waals surface area contributed by atoms with E-state index in [2.05, 4.69) is 5.16 Å². The van der Waals surface area contributed by atoms with E-state index in [1.807, 2.05) is 0 Å². The zero-order valence-electron chi connectivity index (χ0n) is 28.1. The van der Waals surface area contributed by atoms with Gasteiger partial charge in [0.1, 0.15) is 17.8 Å². The minimum absolute atomic E-state index is 0.148. The summed E-state index contributed by atoms with van der Waals surface area (Å²) in [5, 5.41) is 59.2. The Kier molecular flexibility index (Phi) is 13.2. The van der Waals surface area contributed by atoms with Gasteiger partial charge in [-0.1, -0.05) is 32.9 Å². The molecule has 2 unspecified atom stereocenters. The van der Waals surface area contributed by atoms with Crippen LogP contribution in [-0.4, -0.2) is 122 Å². The third-order valence-corrected chi connectivity index (χ3v) is 10.0. The fourth-order valence-corrected chi connectivity index (χ4v) is 6.89. The molecule has 14 atom stereocenters. The van der Waals surface area contributed by atoms with Crippen LogP contribution in [0.3, 0.4) is 0 Å². The second-order valence-corrected chi connectivity index (χ2v) is 13.4. The third kappa shape index (κ3) is 7.91. The van der Waals surface area contributed by atoms with Crippen LogP contribution in [0.4, 0.5) is 0 Å². The topological polar surface area (TPSA) is 188 Å². The maximum absolute atomic E-state index is 13.3. The molecule has 44 heavy (non-hydrogen) atoms. The molecule has 0 radical (unpaired) electrons. The van der Waals surface area contributed by atoms with Gasteiger partial charge in [0.25, 0.3) is 0 Å². The van der Waals surface area contributed by atoms with Gasteiger partial charge in [-0.2, -0.15) is 0 Å². The van der Waals surface area contributed by atoms with Gasteiger partial charge >= 0.3 is 5.97 Å². The second kappa shape index (κ2) is 15.1. The van der Waals surface area contributed by atoms with E-state index in [1.165, 1.54) is 32.8 Å². The van der Waals surface area contributed by atoms with Crippen molar-refractivity contribution < 1.29 is 54.2 Å². The minimum Gasteiger partial charge on any atom is -0.459 e. The molecule has 0 aromatic rings. The maximum atomic E-state index is 13.3. The smallest absolute Gasteiger partial charge is 0.311 e. The molecule has 0 bridgehead atoms. The van der Waals surface area contributed by atoms with E-state index in [-0.39, 0.29) is 30.6 Å². The van der Waals surface area contributed by atoms with E-state index >= 15 is 0 Å². The molecule has 2 heterocycles. The van der Waals surface area contributed by atoms with Crippen molar-refractivity contribution in [1.82, 2.24) is 4.90 Å². The van der Waals surface area contributed by atoms with Crippen molar-refractivity contribution in [3.63, 3.8) is 0 Å². The maximum Gasteiger partial charge on any atom is 0.311 e. The normalized spacial score (nSPS) is 45.8. The lowest BCUT2D eigenvalue weighted by Crippen LogP contribution is -2.61. The Balaban J connectivity index is 2.66. The molecular weight excluding hydrogens is 576 g/mol. The summed E-state index contributed by atoms with van der Waals surface area (Å²) in [6, 6.07) is -0.601. The Labute approximate surface area is 261 Å². The van der Waals surface area contributed by atoms with Crippen molar-refractivity contribution in [2.45, 2.75) is 142 Å². The molecule has 0 aromatic heterocycles. The van der Waals surface area contributed by atoms with Gasteiger partial charge in [0.15, 0.2) is 6.29 Å². The molecule has 2 aliphatic heterocycles. The molecule has 1 amide bonds. The van der Waals surface area contributed by atoms with Gasteiger partial charge < -0.3 is 49.5 Å². The van der Waals surface area contributed by atoms with Crippen molar-refractivity contribution in [3.8, 4) is 0 Å². The van der Waals surface area contributed by atoms with E-state index < -0.39 is 83.7 Å². The second-order valence-electron chi connectivity index (χ2n) is 13.4. The van der Waals surface area contributed by atoms with Crippen LogP contribution in [0, 0.1) is 23.7 Å². The van der Waals surface area contributed by atoms with Crippen molar-refractivity contribution in [1.29, 1.82) is 0 Å². The van der Waals surface area contributed by atoms with Gasteiger partial charge in [-0.25, -0.2) is 0 Å². The predicted molar refractivity (Wildman–Crippen MR) is 161 cm³/mol. The molecule has 256 valence electrons. The zero-order chi connectivity index (χ0) is 33.9. The number of hydrogen-bond donors (Lipinski definition) is 5. The number of cyclic esters (lactones) is 1. The Bertz CT molecular complexity index is 1010. The highest BCUT2D eigenvalue weighted by molar-refractivity contribution is 5.88. The SMILES string of the molecule is CC[C@H]1OC(=O)[C@H](C)[C@@H](O)[C@H](C)[C@H](OC2O[C@H](C)C[C@H](N(C)C(C)=O)[C@@H]2O)C(C)(OC)C[C@H](C)/C(=N\O)[C@H](C)[C@@H](O)[C@]1(C)O. The number of carbonyl (C=O) groups excluding carboxylic acids is 2. The predicted octanol–water partition coefficient (Wildman–Crippen LogP) is 1.69. The highest BCUT2D eigenvalue weighted by Gasteiger charge is 2.51. The average Bonchev–Trinajstić information content (AvgIpc) is 2.97. The number of methoxy groups -OCH3 is 1. The Hall–Kier alpha value is -1.87. The average molecular weight is 633 g/mol. The quantitative estimate of drug-likeness (QED) is 0.169. The Morgan fingerprint density at radius 3 is 2.18 bits per heavy atom. The molecule has 0 spiro atoms. The lowest BCUT2D eigenvalue weighted by atomic mass is 9.73. The highest BCUT2D eigenvalue weighted by atomic mass is 16.7. The summed E-state index contributed by atoms with van der Waals surface area (Å²) in [7, 11) is 3.06. The first-order valence-corrected chi connectivity index (χ1v) is 15.6. The van der Waals surface area contributed by atoms with Crippen molar-refractivity contribution in [2.24, 2.45) is 28.8 Å². The molecule has 13 heteroatoms. The number of esters is 1.